The molecule has 1 unspecified atom stereocenters. The average molecular weight is 496 g/mol. The van der Waals surface area contributed by atoms with Crippen molar-refractivity contribution in [3.63, 3.8) is 0 Å². The maximum atomic E-state index is 5.40. The number of furan rings is 1. The van der Waals surface area contributed by atoms with Crippen LogP contribution in [0.2, 0.25) is 0 Å². The number of halogens is 1. The van der Waals surface area contributed by atoms with Crippen LogP contribution in [0.4, 0.5) is 5.69 Å². The lowest BCUT2D eigenvalue weighted by Crippen LogP contribution is -2.40. The molecule has 0 spiro atoms. The maximum Gasteiger partial charge on any atom is 0.191 e. The molecule has 1 aromatic carbocycles. The Morgan fingerprint density at radius 1 is 1.21 bits per heavy atom. The highest BCUT2D eigenvalue weighted by atomic mass is 127. The zero-order valence-electron chi connectivity index (χ0n) is 17.0. The van der Waals surface area contributed by atoms with E-state index < -0.39 is 0 Å². The van der Waals surface area contributed by atoms with Crippen molar-refractivity contribution in [2.45, 2.75) is 45.6 Å². The van der Waals surface area contributed by atoms with E-state index in [1.54, 1.807) is 6.26 Å². The van der Waals surface area contributed by atoms with Crippen LogP contribution in [-0.2, 0) is 6.42 Å². The molecule has 1 fully saturated rings. The van der Waals surface area contributed by atoms with Crippen LogP contribution in [0.1, 0.15) is 50.5 Å². The first-order valence-electron chi connectivity index (χ1n) is 10.2. The van der Waals surface area contributed by atoms with Crippen LogP contribution in [-0.4, -0.2) is 32.1 Å². The van der Waals surface area contributed by atoms with Gasteiger partial charge in [-0.15, -0.1) is 24.0 Å². The Morgan fingerprint density at radius 2 is 2.04 bits per heavy atom. The normalized spacial score (nSPS) is 15.2. The highest BCUT2D eigenvalue weighted by Gasteiger charge is 2.14. The van der Waals surface area contributed by atoms with Gasteiger partial charge in [0.05, 0.1) is 12.3 Å². The second kappa shape index (κ2) is 12.0. The largest absolute Gasteiger partial charge is 0.469 e. The zero-order valence-corrected chi connectivity index (χ0v) is 19.3. The van der Waals surface area contributed by atoms with E-state index in [1.807, 2.05) is 12.1 Å². The fourth-order valence-corrected chi connectivity index (χ4v) is 3.39. The number of nitrogens with zero attached hydrogens (tertiary/aromatic N) is 2. The summed E-state index contributed by atoms with van der Waals surface area (Å²) in [6.45, 7) is 8.29. The van der Waals surface area contributed by atoms with Crippen molar-refractivity contribution in [1.29, 1.82) is 0 Å². The number of benzene rings is 1. The summed E-state index contributed by atoms with van der Waals surface area (Å²) in [5.74, 6) is 1.85. The minimum atomic E-state index is 0. The lowest BCUT2D eigenvalue weighted by molar-refractivity contribution is 0.506. The molecule has 0 aliphatic carbocycles. The van der Waals surface area contributed by atoms with Crippen LogP contribution in [0.25, 0.3) is 0 Å². The van der Waals surface area contributed by atoms with E-state index in [9.17, 15) is 0 Å². The van der Waals surface area contributed by atoms with E-state index in [0.29, 0.717) is 0 Å². The third-order valence-corrected chi connectivity index (χ3v) is 4.93. The van der Waals surface area contributed by atoms with Gasteiger partial charge in [0, 0.05) is 38.3 Å². The third kappa shape index (κ3) is 6.72. The minimum absolute atomic E-state index is 0. The molecule has 2 N–H and O–H groups in total. The fourth-order valence-electron chi connectivity index (χ4n) is 3.39. The molecule has 3 rings (SSSR count). The van der Waals surface area contributed by atoms with E-state index >= 15 is 0 Å². The van der Waals surface area contributed by atoms with Gasteiger partial charge in [-0.05, 0) is 56.0 Å². The summed E-state index contributed by atoms with van der Waals surface area (Å²) in [6.07, 6.45) is 6.19. The van der Waals surface area contributed by atoms with Crippen molar-refractivity contribution >= 4 is 35.6 Å². The van der Waals surface area contributed by atoms with Crippen LogP contribution in [0, 0.1) is 0 Å². The molecule has 0 bridgehead atoms. The maximum absolute atomic E-state index is 5.40. The Morgan fingerprint density at radius 3 is 2.75 bits per heavy atom. The van der Waals surface area contributed by atoms with Gasteiger partial charge in [0.2, 0.25) is 0 Å². The molecule has 154 valence electrons. The first kappa shape index (κ1) is 22.6. The van der Waals surface area contributed by atoms with Crippen molar-refractivity contribution in [2.75, 3.05) is 31.1 Å². The summed E-state index contributed by atoms with van der Waals surface area (Å²) in [5.41, 5.74) is 2.62. The van der Waals surface area contributed by atoms with Crippen molar-refractivity contribution in [3.8, 4) is 0 Å². The van der Waals surface area contributed by atoms with E-state index in [2.05, 4.69) is 58.6 Å². The molecular formula is C22H33IN4O. The SMILES string of the molecule is CCCN=C(NCCc1ccco1)NC(C)c1cccc(N2CCCC2)c1.I. The number of anilines is 1. The van der Waals surface area contributed by atoms with E-state index in [-0.39, 0.29) is 30.0 Å². The van der Waals surface area contributed by atoms with Gasteiger partial charge in [0.25, 0.3) is 0 Å². The molecule has 0 radical (unpaired) electrons. The van der Waals surface area contributed by atoms with Gasteiger partial charge in [-0.25, -0.2) is 0 Å². The molecule has 5 nitrogen and oxygen atoms in total. The van der Waals surface area contributed by atoms with Crippen LogP contribution >= 0.6 is 24.0 Å². The molecule has 6 heteroatoms. The van der Waals surface area contributed by atoms with Gasteiger partial charge in [0.15, 0.2) is 5.96 Å². The molecule has 2 heterocycles. The first-order chi connectivity index (χ1) is 13.3. The zero-order chi connectivity index (χ0) is 18.9. The summed E-state index contributed by atoms with van der Waals surface area (Å²) >= 11 is 0. The van der Waals surface area contributed by atoms with Crippen LogP contribution in [0.5, 0.6) is 0 Å². The second-order valence-corrected chi connectivity index (χ2v) is 7.14. The molecule has 0 saturated carbocycles. The van der Waals surface area contributed by atoms with Crippen molar-refractivity contribution in [2.24, 2.45) is 4.99 Å². The van der Waals surface area contributed by atoms with Crippen molar-refractivity contribution in [3.05, 3.63) is 54.0 Å². The lowest BCUT2D eigenvalue weighted by atomic mass is 10.1. The molecule has 1 aromatic heterocycles. The van der Waals surface area contributed by atoms with Crippen LogP contribution in [0.15, 0.2) is 52.1 Å². The quantitative estimate of drug-likeness (QED) is 0.315. The predicted molar refractivity (Wildman–Crippen MR) is 128 cm³/mol. The summed E-state index contributed by atoms with van der Waals surface area (Å²) < 4.78 is 5.40. The van der Waals surface area contributed by atoms with E-state index in [1.165, 1.54) is 37.2 Å². The summed E-state index contributed by atoms with van der Waals surface area (Å²) in [4.78, 5) is 7.16. The summed E-state index contributed by atoms with van der Waals surface area (Å²) in [5, 5.41) is 6.99. The highest BCUT2D eigenvalue weighted by molar-refractivity contribution is 14.0. The summed E-state index contributed by atoms with van der Waals surface area (Å²) in [7, 11) is 0. The molecule has 1 saturated heterocycles. The van der Waals surface area contributed by atoms with E-state index in [0.717, 1.165) is 37.7 Å². The average Bonchev–Trinajstić information content (AvgIpc) is 3.40. The minimum Gasteiger partial charge on any atom is -0.469 e. The number of hydrogen-bond acceptors (Lipinski definition) is 3. The Labute approximate surface area is 186 Å². The topological polar surface area (TPSA) is 52.8 Å². The number of hydrogen-bond donors (Lipinski definition) is 2. The first-order valence-corrected chi connectivity index (χ1v) is 10.2. The van der Waals surface area contributed by atoms with Crippen molar-refractivity contribution in [1.82, 2.24) is 10.6 Å². The smallest absolute Gasteiger partial charge is 0.191 e. The van der Waals surface area contributed by atoms with E-state index in [4.69, 9.17) is 4.42 Å². The molecule has 2 aromatic rings. The Kier molecular flexibility index (Phi) is 9.67. The van der Waals surface area contributed by atoms with Crippen LogP contribution < -0.4 is 15.5 Å². The lowest BCUT2D eigenvalue weighted by Gasteiger charge is -2.22. The van der Waals surface area contributed by atoms with Gasteiger partial charge >= 0.3 is 0 Å². The number of guanidine groups is 1. The highest BCUT2D eigenvalue weighted by Crippen LogP contribution is 2.23. The van der Waals surface area contributed by atoms with Gasteiger partial charge in [-0.3, -0.25) is 4.99 Å². The standard InChI is InChI=1S/C22H32N4O.HI/c1-3-12-23-22(24-13-11-21-10-7-16-27-21)25-18(2)19-8-6-9-20(17-19)26-14-4-5-15-26;/h6-10,16-18H,3-5,11-15H2,1-2H3,(H2,23,24,25);1H. The monoisotopic (exact) mass is 496 g/mol. The van der Waals surface area contributed by atoms with Gasteiger partial charge in [0.1, 0.15) is 5.76 Å². The molecular weight excluding hydrogens is 463 g/mol. The Balaban J connectivity index is 0.00000280. The second-order valence-electron chi connectivity index (χ2n) is 7.14. The summed E-state index contributed by atoms with van der Waals surface area (Å²) in [6, 6.07) is 13.0. The fraction of sp³-hybridized carbons (Fsp3) is 0.500. The van der Waals surface area contributed by atoms with Crippen LogP contribution in [0.3, 0.4) is 0 Å². The van der Waals surface area contributed by atoms with Gasteiger partial charge in [-0.2, -0.15) is 0 Å². The predicted octanol–water partition coefficient (Wildman–Crippen LogP) is 4.75. The molecule has 1 aliphatic rings. The number of nitrogens with one attached hydrogen (secondary N) is 2. The molecule has 0 amide bonds. The Hall–Kier alpha value is -1.70. The van der Waals surface area contributed by atoms with Gasteiger partial charge < -0.3 is 20.0 Å². The third-order valence-electron chi connectivity index (χ3n) is 4.93. The van der Waals surface area contributed by atoms with Crippen molar-refractivity contribution < 1.29 is 4.42 Å². The molecule has 1 atom stereocenters. The molecule has 1 aliphatic heterocycles. The Bertz CT molecular complexity index is 711. The number of aliphatic imine (C=N–C) groups is 1. The number of rotatable bonds is 8. The van der Waals surface area contributed by atoms with Gasteiger partial charge in [-0.1, -0.05) is 19.1 Å². The molecule has 28 heavy (non-hydrogen) atoms.